The van der Waals surface area contributed by atoms with E-state index >= 15 is 0 Å². The van der Waals surface area contributed by atoms with Crippen molar-refractivity contribution < 1.29 is 9.59 Å². The topological polar surface area (TPSA) is 49.4 Å². The van der Waals surface area contributed by atoms with Gasteiger partial charge in [0.2, 0.25) is 11.8 Å². The van der Waals surface area contributed by atoms with E-state index in [0.717, 1.165) is 32.1 Å². The summed E-state index contributed by atoms with van der Waals surface area (Å²) < 4.78 is 0. The number of nitrogens with one attached hydrogen (secondary N) is 1. The van der Waals surface area contributed by atoms with Gasteiger partial charge in [0.05, 0.1) is 0 Å². The minimum absolute atomic E-state index is 0.0264. The summed E-state index contributed by atoms with van der Waals surface area (Å²) in [5.41, 5.74) is 0.352. The Morgan fingerprint density at radius 2 is 1.95 bits per heavy atom. The molecule has 0 aromatic heterocycles. The number of hydrogen-bond donors (Lipinski definition) is 1. The van der Waals surface area contributed by atoms with Crippen LogP contribution in [0.3, 0.4) is 0 Å². The Morgan fingerprint density at radius 3 is 2.50 bits per heavy atom. The van der Waals surface area contributed by atoms with E-state index < -0.39 is 0 Å². The molecule has 0 unspecified atom stereocenters. The fourth-order valence-corrected chi connectivity index (χ4v) is 3.61. The average Bonchev–Trinajstić information content (AvgIpc) is 2.51. The molecule has 4 nitrogen and oxygen atoms in total. The van der Waals surface area contributed by atoms with Crippen LogP contribution in [0, 0.1) is 5.41 Å². The summed E-state index contributed by atoms with van der Waals surface area (Å²) in [6, 6.07) is 0.234. The number of carbonyl (C=O) groups is 2. The Kier molecular flexibility index (Phi) is 4.40. The first-order chi connectivity index (χ1) is 9.30. The molecule has 2 fully saturated rings. The minimum atomic E-state index is -0.309. The third-order valence-electron chi connectivity index (χ3n) is 4.56. The summed E-state index contributed by atoms with van der Waals surface area (Å²) >= 11 is 0. The van der Waals surface area contributed by atoms with E-state index in [4.69, 9.17) is 0 Å². The van der Waals surface area contributed by atoms with Crippen LogP contribution in [0.4, 0.5) is 0 Å². The molecule has 114 valence electrons. The highest BCUT2D eigenvalue weighted by Crippen LogP contribution is 2.43. The van der Waals surface area contributed by atoms with Gasteiger partial charge >= 0.3 is 0 Å². The monoisotopic (exact) mass is 280 g/mol. The second kappa shape index (κ2) is 5.74. The molecule has 1 atom stereocenters. The van der Waals surface area contributed by atoms with Crippen LogP contribution in [0.15, 0.2) is 0 Å². The predicted octanol–water partition coefficient (Wildman–Crippen LogP) is 2.47. The zero-order valence-electron chi connectivity index (χ0n) is 13.2. The van der Waals surface area contributed by atoms with Crippen LogP contribution in [0.5, 0.6) is 0 Å². The number of carbonyl (C=O) groups excluding carboxylic acids is 2. The van der Waals surface area contributed by atoms with E-state index in [1.807, 2.05) is 4.90 Å². The van der Waals surface area contributed by atoms with Gasteiger partial charge in [-0.15, -0.1) is 0 Å². The van der Waals surface area contributed by atoms with Gasteiger partial charge in [0, 0.05) is 18.5 Å². The molecule has 2 amide bonds. The summed E-state index contributed by atoms with van der Waals surface area (Å²) in [5.74, 6) is 0.147. The highest BCUT2D eigenvalue weighted by Gasteiger charge is 2.43. The summed E-state index contributed by atoms with van der Waals surface area (Å²) in [4.78, 5) is 26.5. The molecule has 4 heteroatoms. The van der Waals surface area contributed by atoms with Gasteiger partial charge in [-0.1, -0.05) is 20.3 Å². The molecule has 1 aliphatic carbocycles. The van der Waals surface area contributed by atoms with Crippen LogP contribution in [0.25, 0.3) is 0 Å². The van der Waals surface area contributed by atoms with Gasteiger partial charge in [-0.25, -0.2) is 0 Å². The Morgan fingerprint density at radius 1 is 1.30 bits per heavy atom. The lowest BCUT2D eigenvalue weighted by Gasteiger charge is -2.50. The van der Waals surface area contributed by atoms with E-state index in [1.54, 1.807) is 0 Å². The van der Waals surface area contributed by atoms with Gasteiger partial charge in [-0.2, -0.15) is 0 Å². The maximum atomic E-state index is 12.8. The zero-order chi connectivity index (χ0) is 14.9. The molecular formula is C16H28N2O2. The maximum Gasteiger partial charge on any atom is 0.245 e. The fourth-order valence-electron chi connectivity index (χ4n) is 3.61. The zero-order valence-corrected chi connectivity index (χ0v) is 13.2. The van der Waals surface area contributed by atoms with Crippen LogP contribution in [0.1, 0.15) is 66.2 Å². The fraction of sp³-hybridized carbons (Fsp3) is 0.875. The summed E-state index contributed by atoms with van der Waals surface area (Å²) in [5, 5.41) is 2.91. The number of hydrogen-bond acceptors (Lipinski definition) is 2. The van der Waals surface area contributed by atoms with Gasteiger partial charge in [0.1, 0.15) is 6.04 Å². The molecule has 0 aromatic rings. The molecule has 1 saturated heterocycles. The van der Waals surface area contributed by atoms with E-state index in [0.29, 0.717) is 17.9 Å². The SMILES string of the molecule is CC(C)N(C(=O)[C@@H]1CCCCC(=O)N1)C1CC(C)(C)C1. The second-order valence-electron chi connectivity index (χ2n) is 7.43. The quantitative estimate of drug-likeness (QED) is 0.863. The van der Waals surface area contributed by atoms with Crippen molar-refractivity contribution in [2.75, 3.05) is 0 Å². The number of rotatable bonds is 3. The van der Waals surface area contributed by atoms with E-state index in [1.165, 1.54) is 0 Å². The molecule has 0 spiro atoms. The van der Waals surface area contributed by atoms with Gasteiger partial charge in [-0.3, -0.25) is 9.59 Å². The third-order valence-corrected chi connectivity index (χ3v) is 4.56. The third kappa shape index (κ3) is 3.33. The van der Waals surface area contributed by atoms with Crippen molar-refractivity contribution in [1.29, 1.82) is 0 Å². The van der Waals surface area contributed by atoms with Gasteiger partial charge in [0.15, 0.2) is 0 Å². The lowest BCUT2D eigenvalue weighted by molar-refractivity contribution is -0.144. The van der Waals surface area contributed by atoms with Crippen molar-refractivity contribution in [2.24, 2.45) is 5.41 Å². The van der Waals surface area contributed by atoms with E-state index in [9.17, 15) is 9.59 Å². The Labute approximate surface area is 122 Å². The smallest absolute Gasteiger partial charge is 0.245 e. The Bertz CT molecular complexity index is 382. The van der Waals surface area contributed by atoms with Gasteiger partial charge < -0.3 is 10.2 Å². The number of amides is 2. The average molecular weight is 280 g/mol. The molecule has 0 bridgehead atoms. The summed E-state index contributed by atoms with van der Waals surface area (Å²) in [6.45, 7) is 8.64. The van der Waals surface area contributed by atoms with Crippen LogP contribution in [-0.2, 0) is 9.59 Å². The Hall–Kier alpha value is -1.06. The van der Waals surface area contributed by atoms with Crippen molar-refractivity contribution >= 4 is 11.8 Å². The summed E-state index contributed by atoms with van der Waals surface area (Å²) in [6.07, 6.45) is 5.33. The van der Waals surface area contributed by atoms with E-state index in [-0.39, 0.29) is 23.9 Å². The molecule has 1 saturated carbocycles. The maximum absolute atomic E-state index is 12.8. The lowest BCUT2D eigenvalue weighted by atomic mass is 9.67. The van der Waals surface area contributed by atoms with Crippen LogP contribution in [0.2, 0.25) is 0 Å². The molecular weight excluding hydrogens is 252 g/mol. The molecule has 2 rings (SSSR count). The number of nitrogens with zero attached hydrogens (tertiary/aromatic N) is 1. The molecule has 1 N–H and O–H groups in total. The molecule has 1 heterocycles. The molecule has 0 aromatic carbocycles. The largest absolute Gasteiger partial charge is 0.344 e. The first kappa shape index (κ1) is 15.3. The molecule has 0 radical (unpaired) electrons. The Balaban J connectivity index is 2.05. The van der Waals surface area contributed by atoms with Crippen molar-refractivity contribution in [1.82, 2.24) is 10.2 Å². The molecule has 2 aliphatic rings. The minimum Gasteiger partial charge on any atom is -0.344 e. The predicted molar refractivity (Wildman–Crippen MR) is 79.2 cm³/mol. The van der Waals surface area contributed by atoms with Crippen molar-refractivity contribution in [2.45, 2.75) is 84.3 Å². The van der Waals surface area contributed by atoms with Crippen molar-refractivity contribution in [3.8, 4) is 0 Å². The first-order valence-corrected chi connectivity index (χ1v) is 7.92. The van der Waals surface area contributed by atoms with Crippen molar-refractivity contribution in [3.05, 3.63) is 0 Å². The normalized spacial score (nSPS) is 26.6. The van der Waals surface area contributed by atoms with Crippen LogP contribution < -0.4 is 5.32 Å². The standard InChI is InChI=1S/C16H28N2O2/c1-11(2)18(12-9-16(3,4)10-12)15(20)13-7-5-6-8-14(19)17-13/h11-13H,5-10H2,1-4H3,(H,17,19)/t13-/m0/s1. The molecule has 1 aliphatic heterocycles. The van der Waals surface area contributed by atoms with Crippen LogP contribution >= 0.6 is 0 Å². The lowest BCUT2D eigenvalue weighted by Crippen LogP contribution is -2.58. The van der Waals surface area contributed by atoms with Crippen LogP contribution in [-0.4, -0.2) is 34.8 Å². The highest BCUT2D eigenvalue weighted by molar-refractivity contribution is 5.88. The van der Waals surface area contributed by atoms with Crippen molar-refractivity contribution in [3.63, 3.8) is 0 Å². The molecule has 20 heavy (non-hydrogen) atoms. The second-order valence-corrected chi connectivity index (χ2v) is 7.43. The highest BCUT2D eigenvalue weighted by atomic mass is 16.2. The van der Waals surface area contributed by atoms with E-state index in [2.05, 4.69) is 33.0 Å². The summed E-state index contributed by atoms with van der Waals surface area (Å²) in [7, 11) is 0. The first-order valence-electron chi connectivity index (χ1n) is 7.92. The van der Waals surface area contributed by atoms with Gasteiger partial charge in [0.25, 0.3) is 0 Å². The van der Waals surface area contributed by atoms with Gasteiger partial charge in [-0.05, 0) is 44.9 Å².